The standard InChI is InChI=1S/C19H36O7P2/c1-15(21)26-14-17(12-19(24)25)6-3-8-28-10-4-9-27-7-2-5-16(13-20)11-18(22)23/h16-17,20,27-28H,2-14H2,1H3,(H,22,23)(H,24,25). The lowest BCUT2D eigenvalue weighted by Gasteiger charge is -2.14. The normalized spacial score (nSPS) is 13.9. The smallest absolute Gasteiger partial charge is 0.303 e. The highest BCUT2D eigenvalue weighted by Crippen LogP contribution is 2.22. The van der Waals surface area contributed by atoms with Crippen LogP contribution in [0.1, 0.15) is 51.9 Å². The quantitative estimate of drug-likeness (QED) is 0.161. The number of carbonyl (C=O) groups excluding carboxylic acids is 1. The molecule has 9 heteroatoms. The fourth-order valence-corrected chi connectivity index (χ4v) is 5.47. The summed E-state index contributed by atoms with van der Waals surface area (Å²) >= 11 is 0. The summed E-state index contributed by atoms with van der Waals surface area (Å²) in [6.07, 6.45) is 9.37. The summed E-state index contributed by atoms with van der Waals surface area (Å²) in [6, 6.07) is 0. The SMILES string of the molecule is CC(=O)OCC(CCCPCCCPCCCC(CO)CC(=O)O)CC(=O)O. The number of ether oxygens (including phenoxy) is 1. The van der Waals surface area contributed by atoms with Gasteiger partial charge < -0.3 is 20.1 Å². The summed E-state index contributed by atoms with van der Waals surface area (Å²) in [5, 5.41) is 26.8. The van der Waals surface area contributed by atoms with Gasteiger partial charge in [0.25, 0.3) is 0 Å². The number of carboxylic acids is 2. The van der Waals surface area contributed by atoms with E-state index in [1.165, 1.54) is 25.7 Å². The van der Waals surface area contributed by atoms with Crippen molar-refractivity contribution in [2.45, 2.75) is 51.9 Å². The molecule has 0 amide bonds. The average Bonchev–Trinajstić information content (AvgIpc) is 2.61. The van der Waals surface area contributed by atoms with E-state index in [0.717, 1.165) is 55.2 Å². The summed E-state index contributed by atoms with van der Waals surface area (Å²) < 4.78 is 4.95. The van der Waals surface area contributed by atoms with Crippen LogP contribution in [0.2, 0.25) is 0 Å². The lowest BCUT2D eigenvalue weighted by Crippen LogP contribution is -2.16. The van der Waals surface area contributed by atoms with Crippen molar-refractivity contribution in [3.63, 3.8) is 0 Å². The van der Waals surface area contributed by atoms with Crippen LogP contribution in [0.3, 0.4) is 0 Å². The van der Waals surface area contributed by atoms with Gasteiger partial charge in [-0.25, -0.2) is 0 Å². The summed E-state index contributed by atoms with van der Waals surface area (Å²) in [5.74, 6) is -2.28. The maximum absolute atomic E-state index is 10.9. The topological polar surface area (TPSA) is 121 Å². The molecule has 0 bridgehead atoms. The fourth-order valence-electron chi connectivity index (χ4n) is 2.85. The minimum atomic E-state index is -0.853. The molecule has 0 aromatic heterocycles. The number of aliphatic hydroxyl groups is 1. The maximum Gasteiger partial charge on any atom is 0.303 e. The van der Waals surface area contributed by atoms with E-state index in [9.17, 15) is 14.4 Å². The molecule has 0 spiro atoms. The van der Waals surface area contributed by atoms with Crippen molar-refractivity contribution in [1.82, 2.24) is 0 Å². The Labute approximate surface area is 171 Å². The van der Waals surface area contributed by atoms with E-state index in [4.69, 9.17) is 20.1 Å². The average molecular weight is 438 g/mol. The van der Waals surface area contributed by atoms with Gasteiger partial charge in [-0.15, -0.1) is 17.2 Å². The van der Waals surface area contributed by atoms with Gasteiger partial charge in [0, 0.05) is 19.4 Å². The second kappa shape index (κ2) is 18.3. The van der Waals surface area contributed by atoms with Crippen molar-refractivity contribution >= 4 is 35.1 Å². The van der Waals surface area contributed by atoms with Gasteiger partial charge in [0.05, 0.1) is 19.4 Å². The van der Waals surface area contributed by atoms with Crippen LogP contribution in [0.15, 0.2) is 0 Å². The number of carboxylic acid groups (broad SMARTS) is 2. The molecule has 7 nitrogen and oxygen atoms in total. The predicted octanol–water partition coefficient (Wildman–Crippen LogP) is 3.03. The van der Waals surface area contributed by atoms with Crippen molar-refractivity contribution in [3.05, 3.63) is 0 Å². The molecule has 0 aliphatic carbocycles. The van der Waals surface area contributed by atoms with E-state index < -0.39 is 11.9 Å². The molecule has 3 N–H and O–H groups in total. The van der Waals surface area contributed by atoms with E-state index in [1.54, 1.807) is 0 Å². The Balaban J connectivity index is 3.58. The Morgan fingerprint density at radius 1 is 0.821 bits per heavy atom. The molecule has 0 aromatic rings. The highest BCUT2D eigenvalue weighted by Gasteiger charge is 2.14. The predicted molar refractivity (Wildman–Crippen MR) is 114 cm³/mol. The Hall–Kier alpha value is -0.770. The van der Waals surface area contributed by atoms with Gasteiger partial charge in [0.15, 0.2) is 0 Å². The first-order valence-electron chi connectivity index (χ1n) is 9.94. The summed E-state index contributed by atoms with van der Waals surface area (Å²) in [4.78, 5) is 32.4. The first-order chi connectivity index (χ1) is 13.3. The highest BCUT2D eigenvalue weighted by atomic mass is 31.1. The highest BCUT2D eigenvalue weighted by molar-refractivity contribution is 7.39. The minimum absolute atomic E-state index is 0.0428. The zero-order valence-corrected chi connectivity index (χ0v) is 18.8. The zero-order chi connectivity index (χ0) is 21.2. The van der Waals surface area contributed by atoms with Crippen LogP contribution in [0.4, 0.5) is 0 Å². The number of aliphatic carboxylic acids is 2. The molecule has 0 radical (unpaired) electrons. The molecule has 164 valence electrons. The number of esters is 1. The Morgan fingerprint density at radius 2 is 1.29 bits per heavy atom. The van der Waals surface area contributed by atoms with Gasteiger partial charge in [-0.05, 0) is 62.7 Å². The van der Waals surface area contributed by atoms with Crippen LogP contribution >= 0.6 is 17.2 Å². The van der Waals surface area contributed by atoms with Gasteiger partial charge in [-0.1, -0.05) is 0 Å². The van der Waals surface area contributed by atoms with Crippen molar-refractivity contribution in [2.24, 2.45) is 11.8 Å². The molecule has 0 aliphatic rings. The number of hydrogen-bond donors (Lipinski definition) is 3. The lowest BCUT2D eigenvalue weighted by molar-refractivity contribution is -0.145. The Bertz CT molecular complexity index is 446. The molecular formula is C19H36O7P2. The van der Waals surface area contributed by atoms with Gasteiger partial charge in [-0.3, -0.25) is 14.4 Å². The molecule has 4 unspecified atom stereocenters. The van der Waals surface area contributed by atoms with Gasteiger partial charge in [0.2, 0.25) is 0 Å². The second-order valence-corrected chi connectivity index (χ2v) is 10.1. The van der Waals surface area contributed by atoms with E-state index in [-0.39, 0.29) is 43.9 Å². The number of rotatable bonds is 19. The molecule has 28 heavy (non-hydrogen) atoms. The van der Waals surface area contributed by atoms with Crippen LogP contribution in [0.5, 0.6) is 0 Å². The van der Waals surface area contributed by atoms with Crippen LogP contribution in [-0.2, 0) is 19.1 Å². The molecule has 0 aromatic carbocycles. The maximum atomic E-state index is 10.9. The first kappa shape index (κ1) is 27.2. The van der Waals surface area contributed by atoms with Gasteiger partial charge >= 0.3 is 17.9 Å². The summed E-state index contributed by atoms with van der Waals surface area (Å²) in [7, 11) is 1.77. The third-order valence-corrected chi connectivity index (χ3v) is 7.17. The molecule has 0 saturated carbocycles. The Kier molecular flexibility index (Phi) is 17.8. The molecule has 0 rings (SSSR count). The third kappa shape index (κ3) is 18.6. The zero-order valence-electron chi connectivity index (χ0n) is 16.8. The molecule has 0 aliphatic heterocycles. The van der Waals surface area contributed by atoms with Gasteiger partial charge in [-0.2, -0.15) is 0 Å². The van der Waals surface area contributed by atoms with E-state index >= 15 is 0 Å². The van der Waals surface area contributed by atoms with E-state index in [2.05, 4.69) is 0 Å². The van der Waals surface area contributed by atoms with Crippen molar-refractivity contribution in [3.8, 4) is 0 Å². The van der Waals surface area contributed by atoms with Crippen LogP contribution in [0, 0.1) is 11.8 Å². The molecule has 0 fully saturated rings. The first-order valence-corrected chi connectivity index (χ1v) is 12.8. The van der Waals surface area contributed by atoms with Crippen molar-refractivity contribution < 1.29 is 34.4 Å². The third-order valence-electron chi connectivity index (χ3n) is 4.35. The fraction of sp³-hybridized carbons (Fsp3) is 0.842. The van der Waals surface area contributed by atoms with Crippen LogP contribution in [-0.4, -0.2) is 71.1 Å². The summed E-state index contributed by atoms with van der Waals surface area (Å²) in [6.45, 7) is 1.47. The Morgan fingerprint density at radius 3 is 1.75 bits per heavy atom. The second-order valence-electron chi connectivity index (χ2n) is 7.05. The van der Waals surface area contributed by atoms with E-state index in [1.807, 2.05) is 0 Å². The van der Waals surface area contributed by atoms with Gasteiger partial charge in [0.1, 0.15) is 0 Å². The largest absolute Gasteiger partial charge is 0.481 e. The van der Waals surface area contributed by atoms with Crippen molar-refractivity contribution in [2.75, 3.05) is 37.9 Å². The number of carbonyl (C=O) groups is 3. The number of aliphatic hydroxyl groups excluding tert-OH is 1. The molecular weight excluding hydrogens is 402 g/mol. The summed E-state index contributed by atoms with van der Waals surface area (Å²) in [5.41, 5.74) is 0. The van der Waals surface area contributed by atoms with Crippen LogP contribution < -0.4 is 0 Å². The molecule has 0 heterocycles. The van der Waals surface area contributed by atoms with Crippen LogP contribution in [0.25, 0.3) is 0 Å². The van der Waals surface area contributed by atoms with E-state index in [0.29, 0.717) is 0 Å². The van der Waals surface area contributed by atoms with Crippen molar-refractivity contribution in [1.29, 1.82) is 0 Å². The monoisotopic (exact) mass is 438 g/mol. The molecule has 0 saturated heterocycles. The minimum Gasteiger partial charge on any atom is -0.481 e. The lowest BCUT2D eigenvalue weighted by atomic mass is 10.0. The number of hydrogen-bond acceptors (Lipinski definition) is 5. The molecule has 4 atom stereocenters.